The van der Waals surface area contributed by atoms with Crippen LogP contribution in [0.4, 0.5) is 18.0 Å². The van der Waals surface area contributed by atoms with E-state index in [9.17, 15) is 22.8 Å². The number of halogens is 3. The maximum Gasteiger partial charge on any atom is 0.421 e. The Bertz CT molecular complexity index is 696. The Labute approximate surface area is 142 Å². The number of nitrogens with zero attached hydrogens (tertiary/aromatic N) is 2. The molecule has 1 aliphatic rings. The van der Waals surface area contributed by atoms with Crippen LogP contribution in [0.3, 0.4) is 0 Å². The summed E-state index contributed by atoms with van der Waals surface area (Å²) in [6.45, 7) is 5.20. The van der Waals surface area contributed by atoms with Crippen LogP contribution in [0.1, 0.15) is 44.5 Å². The first-order valence-corrected chi connectivity index (χ1v) is 7.61. The van der Waals surface area contributed by atoms with E-state index < -0.39 is 35.0 Å². The zero-order valence-corrected chi connectivity index (χ0v) is 14.3. The molecule has 2 unspecified atom stereocenters. The highest BCUT2D eigenvalue weighted by Gasteiger charge is 2.41. The lowest BCUT2D eigenvalue weighted by Crippen LogP contribution is -2.38. The number of likely N-dealkylation sites (tertiary alicyclic amines) is 1. The van der Waals surface area contributed by atoms with Gasteiger partial charge in [0.2, 0.25) is 0 Å². The average molecular weight is 363 g/mol. The minimum absolute atomic E-state index is 0.0719. The minimum atomic E-state index is -4.82. The van der Waals surface area contributed by atoms with E-state index in [2.05, 4.69) is 5.10 Å². The number of carbonyl (C=O) groups excluding carboxylic acids is 1. The van der Waals surface area contributed by atoms with Crippen LogP contribution >= 0.6 is 0 Å². The van der Waals surface area contributed by atoms with Gasteiger partial charge in [-0.3, -0.25) is 9.69 Å². The fourth-order valence-electron chi connectivity index (χ4n) is 2.57. The van der Waals surface area contributed by atoms with E-state index in [1.807, 2.05) is 5.10 Å². The van der Waals surface area contributed by atoms with E-state index in [1.165, 1.54) is 12.0 Å². The van der Waals surface area contributed by atoms with Crippen molar-refractivity contribution in [2.75, 3.05) is 13.7 Å². The molecule has 1 N–H and O–H groups in total. The second-order valence-corrected chi connectivity index (χ2v) is 6.78. The van der Waals surface area contributed by atoms with Gasteiger partial charge in [-0.25, -0.2) is 9.89 Å². The molecule has 7 nitrogen and oxygen atoms in total. The van der Waals surface area contributed by atoms with Crippen LogP contribution in [0.5, 0.6) is 0 Å². The van der Waals surface area contributed by atoms with Crippen molar-refractivity contribution in [2.45, 2.75) is 51.1 Å². The summed E-state index contributed by atoms with van der Waals surface area (Å²) in [6.07, 6.45) is -5.63. The molecule has 0 spiro atoms. The van der Waals surface area contributed by atoms with Gasteiger partial charge in [-0.05, 0) is 26.8 Å². The lowest BCUT2D eigenvalue weighted by atomic mass is 10.1. The summed E-state index contributed by atoms with van der Waals surface area (Å²) in [6, 6.07) is -0.128. The van der Waals surface area contributed by atoms with Gasteiger partial charge in [0.1, 0.15) is 11.2 Å². The summed E-state index contributed by atoms with van der Waals surface area (Å²) in [5.41, 5.74) is -3.52. The van der Waals surface area contributed by atoms with Gasteiger partial charge >= 0.3 is 12.3 Å². The Hall–Kier alpha value is -2.10. The molecule has 10 heteroatoms. The monoisotopic (exact) mass is 363 g/mol. The van der Waals surface area contributed by atoms with Gasteiger partial charge in [0.15, 0.2) is 0 Å². The molecule has 0 aromatic carbocycles. The van der Waals surface area contributed by atoms with Crippen LogP contribution in [-0.2, 0) is 15.7 Å². The van der Waals surface area contributed by atoms with Gasteiger partial charge < -0.3 is 9.47 Å². The number of rotatable bonds is 2. The number of carbonyl (C=O) groups is 1. The van der Waals surface area contributed by atoms with Crippen molar-refractivity contribution in [1.82, 2.24) is 15.1 Å². The van der Waals surface area contributed by atoms with E-state index >= 15 is 0 Å². The van der Waals surface area contributed by atoms with Gasteiger partial charge in [-0.15, -0.1) is 0 Å². The fraction of sp³-hybridized carbons (Fsp3) is 0.667. The molecular formula is C15H20F3N3O4. The second kappa shape index (κ2) is 6.66. The van der Waals surface area contributed by atoms with Crippen LogP contribution in [0.2, 0.25) is 0 Å². The first-order valence-electron chi connectivity index (χ1n) is 7.61. The highest BCUT2D eigenvalue weighted by Crippen LogP contribution is 2.35. The van der Waals surface area contributed by atoms with Gasteiger partial charge in [0.25, 0.3) is 5.56 Å². The van der Waals surface area contributed by atoms with Crippen LogP contribution in [0.15, 0.2) is 10.9 Å². The number of methoxy groups -OCH3 is 1. The molecule has 1 aliphatic heterocycles. The Morgan fingerprint density at radius 3 is 2.52 bits per heavy atom. The fourth-order valence-corrected chi connectivity index (χ4v) is 2.57. The van der Waals surface area contributed by atoms with Gasteiger partial charge in [-0.2, -0.15) is 18.3 Å². The zero-order chi connectivity index (χ0) is 19.0. The lowest BCUT2D eigenvalue weighted by Gasteiger charge is -2.28. The number of H-pyrrole nitrogens is 1. The molecule has 0 bridgehead atoms. The summed E-state index contributed by atoms with van der Waals surface area (Å²) in [7, 11) is 1.45. The zero-order valence-electron chi connectivity index (χ0n) is 14.3. The van der Waals surface area contributed by atoms with Crippen LogP contribution in [0.25, 0.3) is 0 Å². The third-order valence-electron chi connectivity index (χ3n) is 3.69. The van der Waals surface area contributed by atoms with Gasteiger partial charge in [0, 0.05) is 13.5 Å². The molecule has 1 aromatic heterocycles. The molecule has 1 aromatic rings. The molecule has 2 heterocycles. The quantitative estimate of drug-likeness (QED) is 0.873. The number of amides is 1. The molecule has 140 valence electrons. The van der Waals surface area contributed by atoms with E-state index in [1.54, 1.807) is 20.8 Å². The SMILES string of the molecule is COC1CC(c2cc(C(F)(F)F)c(=O)[nH]n2)N(C(=O)OC(C)(C)C)C1. The third-order valence-corrected chi connectivity index (χ3v) is 3.69. The van der Waals surface area contributed by atoms with Crippen molar-refractivity contribution in [3.05, 3.63) is 27.7 Å². The molecule has 25 heavy (non-hydrogen) atoms. The summed E-state index contributed by atoms with van der Waals surface area (Å²) in [5, 5.41) is 5.54. The van der Waals surface area contributed by atoms with E-state index in [4.69, 9.17) is 9.47 Å². The lowest BCUT2D eigenvalue weighted by molar-refractivity contribution is -0.138. The average Bonchev–Trinajstić information content (AvgIpc) is 2.89. The van der Waals surface area contributed by atoms with E-state index in [0.717, 1.165) is 0 Å². The Kier molecular flexibility index (Phi) is 5.12. The van der Waals surface area contributed by atoms with Crippen molar-refractivity contribution in [3.63, 3.8) is 0 Å². The predicted octanol–water partition coefficient (Wildman–Crippen LogP) is 2.49. The topological polar surface area (TPSA) is 84.5 Å². The van der Waals surface area contributed by atoms with Crippen molar-refractivity contribution < 1.29 is 27.4 Å². The molecule has 1 saturated heterocycles. The number of nitrogens with one attached hydrogen (secondary N) is 1. The number of ether oxygens (including phenoxy) is 2. The molecular weight excluding hydrogens is 343 g/mol. The van der Waals surface area contributed by atoms with Crippen molar-refractivity contribution in [3.8, 4) is 0 Å². The molecule has 0 saturated carbocycles. The largest absolute Gasteiger partial charge is 0.444 e. The number of aromatic amines is 1. The molecule has 2 atom stereocenters. The Morgan fingerprint density at radius 1 is 1.36 bits per heavy atom. The number of alkyl halides is 3. The van der Waals surface area contributed by atoms with Crippen LogP contribution in [-0.4, -0.2) is 46.6 Å². The molecule has 0 aliphatic carbocycles. The maximum absolute atomic E-state index is 13.0. The van der Waals surface area contributed by atoms with E-state index in [-0.39, 0.29) is 24.8 Å². The Morgan fingerprint density at radius 2 is 2.00 bits per heavy atom. The second-order valence-electron chi connectivity index (χ2n) is 6.78. The summed E-state index contributed by atoms with van der Waals surface area (Å²) < 4.78 is 49.4. The minimum Gasteiger partial charge on any atom is -0.444 e. The maximum atomic E-state index is 13.0. The first kappa shape index (κ1) is 19.2. The van der Waals surface area contributed by atoms with Crippen molar-refractivity contribution >= 4 is 6.09 Å². The standard InChI is InChI=1S/C15H20F3N3O4/c1-14(2,3)25-13(23)21-7-8(24-4)5-11(21)10-6-9(15(16,17)18)12(22)20-19-10/h6,8,11H,5,7H2,1-4H3,(H,20,22). The van der Waals surface area contributed by atoms with Crippen molar-refractivity contribution in [1.29, 1.82) is 0 Å². The number of hydrogen-bond donors (Lipinski definition) is 1. The number of hydrogen-bond acceptors (Lipinski definition) is 5. The Balaban J connectivity index is 2.37. The number of aromatic nitrogens is 2. The summed E-state index contributed by atoms with van der Waals surface area (Å²) in [4.78, 5) is 25.0. The van der Waals surface area contributed by atoms with E-state index in [0.29, 0.717) is 6.07 Å². The third kappa shape index (κ3) is 4.50. The predicted molar refractivity (Wildman–Crippen MR) is 81.0 cm³/mol. The van der Waals surface area contributed by atoms with Gasteiger partial charge in [-0.1, -0.05) is 0 Å². The smallest absolute Gasteiger partial charge is 0.421 e. The highest BCUT2D eigenvalue weighted by atomic mass is 19.4. The molecule has 1 amide bonds. The molecule has 2 rings (SSSR count). The molecule has 1 fully saturated rings. The van der Waals surface area contributed by atoms with Crippen LogP contribution < -0.4 is 5.56 Å². The highest BCUT2D eigenvalue weighted by molar-refractivity contribution is 5.69. The van der Waals surface area contributed by atoms with Crippen molar-refractivity contribution in [2.24, 2.45) is 0 Å². The van der Waals surface area contributed by atoms with Gasteiger partial charge in [0.05, 0.1) is 24.4 Å². The molecule has 0 radical (unpaired) electrons. The van der Waals surface area contributed by atoms with Crippen LogP contribution in [0, 0.1) is 0 Å². The normalized spacial score (nSPS) is 21.5. The summed E-state index contributed by atoms with van der Waals surface area (Å²) in [5.74, 6) is 0. The first-order chi connectivity index (χ1) is 11.4. The summed E-state index contributed by atoms with van der Waals surface area (Å²) >= 11 is 0.